The lowest BCUT2D eigenvalue weighted by Gasteiger charge is -2.58. The molecule has 2 aliphatic rings. The highest BCUT2D eigenvalue weighted by Gasteiger charge is 2.47. The summed E-state index contributed by atoms with van der Waals surface area (Å²) >= 11 is 0. The van der Waals surface area contributed by atoms with E-state index in [9.17, 15) is 0 Å². The summed E-state index contributed by atoms with van der Waals surface area (Å²) in [6, 6.07) is 0.696. The summed E-state index contributed by atoms with van der Waals surface area (Å²) in [4.78, 5) is 4.90. The first kappa shape index (κ1) is 9.44. The van der Waals surface area contributed by atoms with Crippen molar-refractivity contribution in [3.8, 4) is 0 Å². The lowest BCUT2D eigenvalue weighted by Crippen LogP contribution is -2.72. The van der Waals surface area contributed by atoms with Crippen LogP contribution in [-0.2, 0) is 4.74 Å². The van der Waals surface area contributed by atoms with Crippen molar-refractivity contribution in [3.63, 3.8) is 0 Å². The van der Waals surface area contributed by atoms with Crippen LogP contribution in [0.15, 0.2) is 0 Å². The Morgan fingerprint density at radius 2 is 2.00 bits per heavy atom. The molecule has 0 saturated carbocycles. The Bertz CT molecular complexity index is 187. The second-order valence-electron chi connectivity index (χ2n) is 4.71. The van der Waals surface area contributed by atoms with Crippen molar-refractivity contribution in [1.29, 1.82) is 0 Å². The lowest BCUT2D eigenvalue weighted by atomic mass is 9.83. The molecule has 0 atom stereocenters. The largest absolute Gasteiger partial charge is 0.366 e. The first-order valence-corrected chi connectivity index (χ1v) is 5.17. The van der Waals surface area contributed by atoms with Crippen molar-refractivity contribution in [3.05, 3.63) is 0 Å². The van der Waals surface area contributed by atoms with E-state index in [4.69, 9.17) is 4.74 Å². The highest BCUT2D eigenvalue weighted by atomic mass is 16.5. The summed E-state index contributed by atoms with van der Waals surface area (Å²) in [5, 5.41) is 0. The van der Waals surface area contributed by atoms with Gasteiger partial charge in [0.2, 0.25) is 0 Å². The molecule has 0 bridgehead atoms. The van der Waals surface area contributed by atoms with E-state index < -0.39 is 0 Å². The number of nitrogens with zero attached hydrogens (tertiary/aromatic N) is 2. The van der Waals surface area contributed by atoms with Gasteiger partial charge in [0.1, 0.15) is 0 Å². The molecule has 2 rings (SSSR count). The molecule has 0 aliphatic carbocycles. The topological polar surface area (TPSA) is 15.7 Å². The van der Waals surface area contributed by atoms with E-state index in [2.05, 4.69) is 30.7 Å². The van der Waals surface area contributed by atoms with Crippen LogP contribution in [-0.4, -0.2) is 54.9 Å². The predicted octanol–water partition coefficient (Wildman–Crippen LogP) is 0.759. The molecule has 76 valence electrons. The van der Waals surface area contributed by atoms with Crippen molar-refractivity contribution in [1.82, 2.24) is 9.80 Å². The van der Waals surface area contributed by atoms with Crippen LogP contribution >= 0.6 is 0 Å². The van der Waals surface area contributed by atoms with Gasteiger partial charge in [-0.15, -0.1) is 0 Å². The average Bonchev–Trinajstić information content (AvgIpc) is 2.01. The molecule has 0 amide bonds. The fourth-order valence-electron chi connectivity index (χ4n) is 2.27. The molecular weight excluding hydrogens is 164 g/mol. The maximum Gasteiger partial charge on any atom is 0.0993 e. The van der Waals surface area contributed by atoms with Gasteiger partial charge in [-0.05, 0) is 27.3 Å². The molecule has 3 heteroatoms. The van der Waals surface area contributed by atoms with Gasteiger partial charge in [-0.2, -0.15) is 0 Å². The van der Waals surface area contributed by atoms with Crippen LogP contribution in [0.2, 0.25) is 0 Å². The number of hydrogen-bond donors (Lipinski definition) is 0. The molecule has 0 aromatic carbocycles. The van der Waals surface area contributed by atoms with Gasteiger partial charge in [-0.1, -0.05) is 0 Å². The van der Waals surface area contributed by atoms with E-state index in [1.54, 1.807) is 0 Å². The zero-order chi connectivity index (χ0) is 9.47. The number of ether oxygens (including phenoxy) is 1. The van der Waals surface area contributed by atoms with Crippen LogP contribution in [0.3, 0.4) is 0 Å². The molecule has 13 heavy (non-hydrogen) atoms. The van der Waals surface area contributed by atoms with Crippen LogP contribution in [0.1, 0.15) is 20.3 Å². The van der Waals surface area contributed by atoms with Gasteiger partial charge in [0, 0.05) is 19.1 Å². The SMILES string of the molecule is CC(C)N1CC2(CCOCN2C)C1. The van der Waals surface area contributed by atoms with Gasteiger partial charge < -0.3 is 4.74 Å². The molecule has 2 saturated heterocycles. The van der Waals surface area contributed by atoms with Gasteiger partial charge in [0.25, 0.3) is 0 Å². The highest BCUT2D eigenvalue weighted by molar-refractivity contribution is 5.04. The maximum absolute atomic E-state index is 5.42. The van der Waals surface area contributed by atoms with Crippen molar-refractivity contribution >= 4 is 0 Å². The molecule has 2 heterocycles. The van der Waals surface area contributed by atoms with Crippen LogP contribution in [0, 0.1) is 0 Å². The molecule has 0 aromatic heterocycles. The van der Waals surface area contributed by atoms with E-state index in [0.717, 1.165) is 13.3 Å². The Balaban J connectivity index is 1.93. The monoisotopic (exact) mass is 184 g/mol. The van der Waals surface area contributed by atoms with E-state index in [-0.39, 0.29) is 0 Å². The third kappa shape index (κ3) is 1.49. The molecular formula is C10H20N2O. The Kier molecular flexibility index (Phi) is 2.34. The van der Waals surface area contributed by atoms with E-state index in [0.29, 0.717) is 11.6 Å². The fourth-order valence-corrected chi connectivity index (χ4v) is 2.27. The molecule has 0 N–H and O–H groups in total. The summed E-state index contributed by atoms with van der Waals surface area (Å²) in [5.41, 5.74) is 0.447. The maximum atomic E-state index is 5.42. The van der Waals surface area contributed by atoms with Crippen molar-refractivity contribution < 1.29 is 4.74 Å². The number of rotatable bonds is 1. The van der Waals surface area contributed by atoms with E-state index >= 15 is 0 Å². The Labute approximate surface area is 80.6 Å². The van der Waals surface area contributed by atoms with Gasteiger partial charge >= 0.3 is 0 Å². The standard InChI is InChI=1S/C10H20N2O/c1-9(2)12-6-10(7-12)4-5-13-8-11(10)3/h9H,4-8H2,1-3H3. The molecule has 2 fully saturated rings. The first-order valence-electron chi connectivity index (χ1n) is 5.17. The van der Waals surface area contributed by atoms with Crippen LogP contribution in [0.25, 0.3) is 0 Å². The third-order valence-electron chi connectivity index (χ3n) is 3.53. The van der Waals surface area contributed by atoms with Crippen LogP contribution < -0.4 is 0 Å². The van der Waals surface area contributed by atoms with Gasteiger partial charge in [0.15, 0.2) is 0 Å². The first-order chi connectivity index (χ1) is 6.14. The third-order valence-corrected chi connectivity index (χ3v) is 3.53. The molecule has 0 unspecified atom stereocenters. The van der Waals surface area contributed by atoms with Crippen LogP contribution in [0.5, 0.6) is 0 Å². The van der Waals surface area contributed by atoms with Crippen molar-refractivity contribution in [2.75, 3.05) is 33.5 Å². The minimum absolute atomic E-state index is 0.447. The fraction of sp³-hybridized carbons (Fsp3) is 1.00. The summed E-state index contributed by atoms with van der Waals surface area (Å²) in [5.74, 6) is 0. The second-order valence-corrected chi connectivity index (χ2v) is 4.71. The Morgan fingerprint density at radius 3 is 2.54 bits per heavy atom. The molecule has 1 spiro atoms. The highest BCUT2D eigenvalue weighted by Crippen LogP contribution is 2.33. The number of likely N-dealkylation sites (N-methyl/N-ethyl adjacent to an activating group) is 1. The van der Waals surface area contributed by atoms with Gasteiger partial charge in [-0.25, -0.2) is 0 Å². The second kappa shape index (κ2) is 3.23. The zero-order valence-electron chi connectivity index (χ0n) is 8.92. The van der Waals surface area contributed by atoms with Crippen molar-refractivity contribution in [2.24, 2.45) is 0 Å². The smallest absolute Gasteiger partial charge is 0.0993 e. The molecule has 2 aliphatic heterocycles. The Hall–Kier alpha value is -0.120. The normalized spacial score (nSPS) is 29.5. The molecule has 0 aromatic rings. The van der Waals surface area contributed by atoms with Gasteiger partial charge in [0.05, 0.1) is 18.9 Å². The number of hydrogen-bond acceptors (Lipinski definition) is 3. The average molecular weight is 184 g/mol. The predicted molar refractivity (Wildman–Crippen MR) is 52.6 cm³/mol. The quantitative estimate of drug-likeness (QED) is 0.598. The summed E-state index contributed by atoms with van der Waals surface area (Å²) < 4.78 is 5.42. The van der Waals surface area contributed by atoms with E-state index in [1.165, 1.54) is 19.5 Å². The molecule has 3 nitrogen and oxygen atoms in total. The zero-order valence-corrected chi connectivity index (χ0v) is 8.92. The Morgan fingerprint density at radius 1 is 1.31 bits per heavy atom. The minimum atomic E-state index is 0.447. The summed E-state index contributed by atoms with van der Waals surface area (Å²) in [7, 11) is 2.18. The summed E-state index contributed by atoms with van der Waals surface area (Å²) in [6.07, 6.45) is 1.20. The van der Waals surface area contributed by atoms with Crippen LogP contribution in [0.4, 0.5) is 0 Å². The van der Waals surface area contributed by atoms with Gasteiger partial charge in [-0.3, -0.25) is 9.80 Å². The summed E-state index contributed by atoms with van der Waals surface area (Å²) in [6.45, 7) is 8.75. The van der Waals surface area contributed by atoms with Crippen molar-refractivity contribution in [2.45, 2.75) is 31.8 Å². The minimum Gasteiger partial charge on any atom is -0.366 e. The number of likely N-dealkylation sites (tertiary alicyclic amines) is 1. The van der Waals surface area contributed by atoms with E-state index in [1.807, 2.05) is 0 Å². The lowest BCUT2D eigenvalue weighted by molar-refractivity contribution is -0.150. The molecule has 0 radical (unpaired) electrons.